The quantitative estimate of drug-likeness (QED) is 0.201. The van der Waals surface area contributed by atoms with E-state index in [4.69, 9.17) is 0 Å². The molecule has 0 N–H and O–H groups in total. The average Bonchev–Trinajstić information content (AvgIpc) is 3.59. The first-order valence-electron chi connectivity index (χ1n) is 15.4. The van der Waals surface area contributed by atoms with Crippen molar-refractivity contribution in [3.8, 4) is 0 Å². The number of benzene rings is 5. The maximum absolute atomic E-state index is 15.9. The molecule has 3 aliphatic rings. The molecule has 4 atom stereocenters. The third-order valence-electron chi connectivity index (χ3n) is 10.1. The van der Waals surface area contributed by atoms with Gasteiger partial charge in [0.25, 0.3) is 0 Å². The highest BCUT2D eigenvalue weighted by Crippen LogP contribution is 2.74. The summed E-state index contributed by atoms with van der Waals surface area (Å²) in [5.74, 6) is -2.63. The van der Waals surface area contributed by atoms with Gasteiger partial charge in [-0.25, -0.2) is 4.90 Å². The summed E-state index contributed by atoms with van der Waals surface area (Å²) in [6, 6.07) is 44.9. The van der Waals surface area contributed by atoms with Gasteiger partial charge in [0, 0.05) is 0 Å². The Morgan fingerprint density at radius 2 is 0.822 bits per heavy atom. The first-order chi connectivity index (χ1) is 21.9. The molecule has 2 bridgehead atoms. The van der Waals surface area contributed by atoms with E-state index < -0.39 is 22.7 Å². The van der Waals surface area contributed by atoms with Crippen molar-refractivity contribution >= 4 is 34.4 Å². The number of ketones is 1. The Morgan fingerprint density at radius 3 is 1.20 bits per heavy atom. The lowest BCUT2D eigenvalue weighted by molar-refractivity contribution is -0.130. The molecular formula is C41H31NO3. The van der Waals surface area contributed by atoms with Crippen LogP contribution in [-0.4, -0.2) is 17.6 Å². The van der Waals surface area contributed by atoms with E-state index in [-0.39, 0.29) is 17.6 Å². The van der Waals surface area contributed by atoms with Crippen LogP contribution in [0.2, 0.25) is 0 Å². The summed E-state index contributed by atoms with van der Waals surface area (Å²) in [6.07, 6.45) is 0. The monoisotopic (exact) mass is 585 g/mol. The number of amides is 2. The van der Waals surface area contributed by atoms with Crippen LogP contribution in [0.3, 0.4) is 0 Å². The lowest BCUT2D eigenvalue weighted by atomic mass is 9.59. The molecule has 45 heavy (non-hydrogen) atoms. The van der Waals surface area contributed by atoms with Gasteiger partial charge < -0.3 is 0 Å². The van der Waals surface area contributed by atoms with Crippen LogP contribution in [0.1, 0.15) is 33.4 Å². The topological polar surface area (TPSA) is 54.5 Å². The van der Waals surface area contributed by atoms with Crippen LogP contribution in [0, 0.1) is 25.7 Å². The fraction of sp³-hybridized carbons (Fsp3) is 0.146. The fourth-order valence-electron chi connectivity index (χ4n) is 8.40. The Hall–Kier alpha value is -5.35. The van der Waals surface area contributed by atoms with E-state index >= 15 is 4.79 Å². The van der Waals surface area contributed by atoms with Gasteiger partial charge in [0.1, 0.15) is 0 Å². The maximum atomic E-state index is 15.9. The molecule has 2 aliphatic carbocycles. The molecule has 0 aromatic heterocycles. The highest BCUT2D eigenvalue weighted by atomic mass is 16.2. The van der Waals surface area contributed by atoms with Crippen LogP contribution in [-0.2, 0) is 25.2 Å². The molecule has 2 amide bonds. The van der Waals surface area contributed by atoms with Crippen molar-refractivity contribution in [1.29, 1.82) is 0 Å². The molecule has 218 valence electrons. The van der Waals surface area contributed by atoms with E-state index in [2.05, 4.69) is 48.5 Å². The molecule has 5 aromatic rings. The first kappa shape index (κ1) is 27.2. The van der Waals surface area contributed by atoms with Gasteiger partial charge in [0.2, 0.25) is 11.8 Å². The van der Waals surface area contributed by atoms with Gasteiger partial charge >= 0.3 is 0 Å². The number of nitrogens with zero attached hydrogens (tertiary/aromatic N) is 1. The summed E-state index contributed by atoms with van der Waals surface area (Å²) < 4.78 is 0. The number of carbonyl (C=O) groups is 3. The van der Waals surface area contributed by atoms with E-state index in [1.54, 1.807) is 12.1 Å². The van der Waals surface area contributed by atoms with Gasteiger partial charge in [-0.15, -0.1) is 0 Å². The Labute approximate surface area is 262 Å². The Balaban J connectivity index is 1.57. The summed E-state index contributed by atoms with van der Waals surface area (Å²) in [6.45, 7) is 4.08. The van der Waals surface area contributed by atoms with Crippen LogP contribution in [0.25, 0.3) is 11.1 Å². The Kier molecular flexibility index (Phi) is 5.95. The summed E-state index contributed by atoms with van der Waals surface area (Å²) in [7, 11) is 0. The second kappa shape index (κ2) is 9.83. The molecule has 1 saturated heterocycles. The fourth-order valence-corrected chi connectivity index (χ4v) is 8.40. The summed E-state index contributed by atoms with van der Waals surface area (Å²) >= 11 is 0. The molecule has 1 aliphatic heterocycles. The van der Waals surface area contributed by atoms with Crippen LogP contribution in [0.5, 0.6) is 0 Å². The molecule has 0 unspecified atom stereocenters. The van der Waals surface area contributed by atoms with E-state index in [9.17, 15) is 9.59 Å². The van der Waals surface area contributed by atoms with Crippen LogP contribution < -0.4 is 4.90 Å². The predicted molar refractivity (Wildman–Crippen MR) is 176 cm³/mol. The van der Waals surface area contributed by atoms with Crippen LogP contribution in [0.4, 0.5) is 5.69 Å². The van der Waals surface area contributed by atoms with E-state index in [1.165, 1.54) is 4.90 Å². The molecule has 5 aromatic carbocycles. The second-order valence-corrected chi connectivity index (χ2v) is 12.5. The van der Waals surface area contributed by atoms with Gasteiger partial charge in [-0.2, -0.15) is 0 Å². The summed E-state index contributed by atoms with van der Waals surface area (Å²) in [5, 5.41) is 0. The number of hydrogen-bond acceptors (Lipinski definition) is 3. The highest BCUT2D eigenvalue weighted by molar-refractivity contribution is 6.39. The smallest absolute Gasteiger partial charge is 0.239 e. The van der Waals surface area contributed by atoms with Gasteiger partial charge in [-0.3, -0.25) is 14.4 Å². The highest BCUT2D eigenvalue weighted by Gasteiger charge is 2.82. The number of anilines is 1. The normalized spacial score (nSPS) is 25.3. The largest absolute Gasteiger partial charge is 0.297 e. The van der Waals surface area contributed by atoms with E-state index in [1.807, 2.05) is 92.7 Å². The lowest BCUT2D eigenvalue weighted by Gasteiger charge is -2.39. The number of carbonyl (C=O) groups excluding carboxylic acids is 3. The standard InChI is InChI=1S/C41H31NO3/c1-26-18-22-28(23-19-26)33-34(29-24-20-27(2)21-25-29)41(31-14-8-4-9-15-31)36-35(40(33,39(41)45)30-12-6-3-7-13-30)37(43)42(38(36)44)32-16-10-5-11-17-32/h3-25,35-36H,1-2H3/t35-,36+,40-,41-/m1/s1. The van der Waals surface area contributed by atoms with Crippen molar-refractivity contribution in [3.63, 3.8) is 0 Å². The molecule has 4 heteroatoms. The number of fused-ring (bicyclic) bond motifs is 5. The molecule has 1 heterocycles. The van der Waals surface area contributed by atoms with Gasteiger partial charge in [-0.05, 0) is 59.4 Å². The SMILES string of the molecule is Cc1ccc(C2=C(c3ccc(C)cc3)[C@@]3(c4ccccc4)C(=O)[C@@]2(c2ccccc2)[C@@H]2C(=O)N(c4ccccc4)C(=O)[C@@H]23)cc1. The number of hydrogen-bond donors (Lipinski definition) is 0. The van der Waals surface area contributed by atoms with Crippen molar-refractivity contribution in [2.75, 3.05) is 4.90 Å². The van der Waals surface area contributed by atoms with Gasteiger partial charge in [0.05, 0.1) is 28.4 Å². The molecule has 2 fully saturated rings. The van der Waals surface area contributed by atoms with Crippen LogP contribution in [0.15, 0.2) is 140 Å². The number of Topliss-reactive ketones (excluding diaryl/α,β-unsaturated/α-hetero) is 1. The summed E-state index contributed by atoms with van der Waals surface area (Å²) in [4.78, 5) is 47.1. The zero-order chi connectivity index (χ0) is 30.9. The van der Waals surface area contributed by atoms with Crippen molar-refractivity contribution in [2.45, 2.75) is 24.7 Å². The molecule has 4 nitrogen and oxygen atoms in total. The molecule has 0 spiro atoms. The first-order valence-corrected chi connectivity index (χ1v) is 15.4. The molecule has 8 rings (SSSR count). The second-order valence-electron chi connectivity index (χ2n) is 12.5. The minimum atomic E-state index is -1.40. The van der Waals surface area contributed by atoms with Crippen molar-refractivity contribution in [1.82, 2.24) is 0 Å². The Morgan fingerprint density at radius 1 is 0.467 bits per heavy atom. The van der Waals surface area contributed by atoms with Crippen molar-refractivity contribution in [2.24, 2.45) is 11.8 Å². The maximum Gasteiger partial charge on any atom is 0.239 e. The zero-order valence-electron chi connectivity index (χ0n) is 25.1. The third kappa shape index (κ3) is 3.45. The molecule has 0 radical (unpaired) electrons. The number of aryl methyl sites for hydroxylation is 2. The van der Waals surface area contributed by atoms with Crippen LogP contribution >= 0.6 is 0 Å². The minimum absolute atomic E-state index is 0.108. The molecular weight excluding hydrogens is 554 g/mol. The van der Waals surface area contributed by atoms with Gasteiger partial charge in [-0.1, -0.05) is 139 Å². The van der Waals surface area contributed by atoms with Crippen molar-refractivity contribution in [3.05, 3.63) is 173 Å². The van der Waals surface area contributed by atoms with E-state index in [0.29, 0.717) is 5.69 Å². The van der Waals surface area contributed by atoms with Crippen molar-refractivity contribution < 1.29 is 14.4 Å². The minimum Gasteiger partial charge on any atom is -0.297 e. The predicted octanol–water partition coefficient (Wildman–Crippen LogP) is 7.49. The number of imide groups is 1. The third-order valence-corrected chi connectivity index (χ3v) is 10.1. The number of rotatable bonds is 5. The average molecular weight is 586 g/mol. The summed E-state index contributed by atoms with van der Waals surface area (Å²) in [5.41, 5.74) is 4.76. The number of para-hydroxylation sites is 1. The molecule has 1 saturated carbocycles. The van der Waals surface area contributed by atoms with E-state index in [0.717, 1.165) is 44.5 Å². The zero-order valence-corrected chi connectivity index (χ0v) is 25.1. The number of allylic oxidation sites excluding steroid dienone is 2. The Bertz CT molecular complexity index is 1890. The lowest BCUT2D eigenvalue weighted by Crippen LogP contribution is -2.45. The van der Waals surface area contributed by atoms with Gasteiger partial charge in [0.15, 0.2) is 5.78 Å².